The molecule has 8 heteroatoms. The molecule has 0 aliphatic carbocycles. The van der Waals surface area contributed by atoms with Crippen molar-refractivity contribution in [3.63, 3.8) is 0 Å². The molecule has 0 spiro atoms. The lowest BCUT2D eigenvalue weighted by Crippen LogP contribution is -2.05. The van der Waals surface area contributed by atoms with E-state index in [4.69, 9.17) is 0 Å². The van der Waals surface area contributed by atoms with Crippen molar-refractivity contribution in [3.8, 4) is 11.3 Å². The standard InChI is InChI=1S/C12H10F2N4O2/c1-6-11(18(19)20)10(17-12(15-2)16-6)7-3-4-8(13)9(14)5-7/h3-5H,1-2H3,(H,15,16,17). The normalized spacial score (nSPS) is 10.4. The zero-order chi connectivity index (χ0) is 14.9. The van der Waals surface area contributed by atoms with Crippen molar-refractivity contribution in [2.24, 2.45) is 0 Å². The molecule has 1 aromatic carbocycles. The van der Waals surface area contributed by atoms with Crippen LogP contribution in [0.3, 0.4) is 0 Å². The SMILES string of the molecule is CNc1nc(C)c([N+](=O)[O-])c(-c2ccc(F)c(F)c2)n1. The summed E-state index contributed by atoms with van der Waals surface area (Å²) in [6, 6.07) is 2.99. The van der Waals surface area contributed by atoms with Gasteiger partial charge >= 0.3 is 5.69 Å². The molecule has 0 atom stereocenters. The molecule has 2 rings (SSSR count). The number of hydrogen-bond donors (Lipinski definition) is 1. The zero-order valence-corrected chi connectivity index (χ0v) is 10.6. The highest BCUT2D eigenvalue weighted by molar-refractivity contribution is 5.72. The van der Waals surface area contributed by atoms with Crippen LogP contribution >= 0.6 is 0 Å². The molecule has 0 saturated carbocycles. The van der Waals surface area contributed by atoms with Gasteiger partial charge in [-0.05, 0) is 25.1 Å². The molecular formula is C12H10F2N4O2. The Balaban J connectivity index is 2.73. The average Bonchev–Trinajstić information content (AvgIpc) is 2.40. The maximum absolute atomic E-state index is 13.3. The van der Waals surface area contributed by atoms with Gasteiger partial charge in [0.15, 0.2) is 17.3 Å². The van der Waals surface area contributed by atoms with E-state index in [9.17, 15) is 18.9 Å². The maximum atomic E-state index is 13.3. The van der Waals surface area contributed by atoms with Crippen LogP contribution in [0.15, 0.2) is 18.2 Å². The number of nitro groups is 1. The molecule has 0 bridgehead atoms. The first kappa shape index (κ1) is 13.8. The van der Waals surface area contributed by atoms with Crippen LogP contribution in [0.4, 0.5) is 20.4 Å². The number of nitrogens with one attached hydrogen (secondary N) is 1. The van der Waals surface area contributed by atoms with Gasteiger partial charge in [-0.1, -0.05) is 0 Å². The molecule has 0 radical (unpaired) electrons. The Hall–Kier alpha value is -2.64. The predicted octanol–water partition coefficient (Wildman–Crippen LogP) is 2.68. The number of aromatic nitrogens is 2. The van der Waals surface area contributed by atoms with Crippen LogP contribution in [0.1, 0.15) is 5.69 Å². The molecule has 0 amide bonds. The minimum absolute atomic E-state index is 0.0641. The van der Waals surface area contributed by atoms with Gasteiger partial charge in [-0.3, -0.25) is 10.1 Å². The summed E-state index contributed by atoms with van der Waals surface area (Å²) in [5.41, 5.74) is -0.160. The van der Waals surface area contributed by atoms with E-state index in [1.54, 1.807) is 7.05 Å². The van der Waals surface area contributed by atoms with Crippen LogP contribution in [-0.4, -0.2) is 21.9 Å². The van der Waals surface area contributed by atoms with Gasteiger partial charge < -0.3 is 5.32 Å². The van der Waals surface area contributed by atoms with E-state index in [0.29, 0.717) is 0 Å². The van der Waals surface area contributed by atoms with Gasteiger partial charge in [-0.2, -0.15) is 0 Å². The Morgan fingerprint density at radius 1 is 1.25 bits per heavy atom. The summed E-state index contributed by atoms with van der Waals surface area (Å²) in [6.07, 6.45) is 0. The fourth-order valence-corrected chi connectivity index (χ4v) is 1.74. The first-order chi connectivity index (χ1) is 9.43. The van der Waals surface area contributed by atoms with Gasteiger partial charge in [-0.15, -0.1) is 0 Å². The smallest absolute Gasteiger partial charge is 0.316 e. The molecule has 0 fully saturated rings. The lowest BCUT2D eigenvalue weighted by Gasteiger charge is -2.07. The van der Waals surface area contributed by atoms with Gasteiger partial charge in [0, 0.05) is 12.6 Å². The highest BCUT2D eigenvalue weighted by Crippen LogP contribution is 2.31. The minimum atomic E-state index is -1.10. The van der Waals surface area contributed by atoms with E-state index in [-0.39, 0.29) is 28.6 Å². The number of aryl methyl sites for hydroxylation is 1. The first-order valence-electron chi connectivity index (χ1n) is 5.60. The van der Waals surface area contributed by atoms with Gasteiger partial charge in [0.1, 0.15) is 5.69 Å². The second-order valence-corrected chi connectivity index (χ2v) is 3.97. The molecule has 2 aromatic rings. The molecule has 6 nitrogen and oxygen atoms in total. The van der Waals surface area contributed by atoms with Crippen LogP contribution in [0, 0.1) is 28.7 Å². The third kappa shape index (κ3) is 2.40. The summed E-state index contributed by atoms with van der Waals surface area (Å²) in [4.78, 5) is 18.3. The predicted molar refractivity (Wildman–Crippen MR) is 68.3 cm³/mol. The van der Waals surface area contributed by atoms with Crippen molar-refractivity contribution in [3.05, 3.63) is 45.6 Å². The summed E-state index contributed by atoms with van der Waals surface area (Å²) < 4.78 is 26.2. The lowest BCUT2D eigenvalue weighted by molar-refractivity contribution is -0.385. The molecule has 0 aliphatic rings. The van der Waals surface area contributed by atoms with Crippen LogP contribution in [0.2, 0.25) is 0 Å². The van der Waals surface area contributed by atoms with Crippen LogP contribution in [-0.2, 0) is 0 Å². The summed E-state index contributed by atoms with van der Waals surface area (Å²) in [6.45, 7) is 1.45. The number of nitrogens with zero attached hydrogens (tertiary/aromatic N) is 3. The fourth-order valence-electron chi connectivity index (χ4n) is 1.74. The Labute approximate surface area is 112 Å². The van der Waals surface area contributed by atoms with E-state index in [0.717, 1.165) is 12.1 Å². The van der Waals surface area contributed by atoms with E-state index in [1.165, 1.54) is 13.0 Å². The Kier molecular flexibility index (Phi) is 3.55. The topological polar surface area (TPSA) is 81.0 Å². The zero-order valence-electron chi connectivity index (χ0n) is 10.6. The summed E-state index contributed by atoms with van der Waals surface area (Å²) in [7, 11) is 1.55. The number of halogens is 2. The fraction of sp³-hybridized carbons (Fsp3) is 0.167. The Bertz CT molecular complexity index is 691. The van der Waals surface area contributed by atoms with Crippen molar-refractivity contribution in [2.75, 3.05) is 12.4 Å². The molecule has 0 saturated heterocycles. The third-order valence-electron chi connectivity index (χ3n) is 2.66. The van der Waals surface area contributed by atoms with E-state index in [2.05, 4.69) is 15.3 Å². The number of benzene rings is 1. The van der Waals surface area contributed by atoms with Crippen LogP contribution < -0.4 is 5.32 Å². The number of anilines is 1. The number of hydrogen-bond acceptors (Lipinski definition) is 5. The van der Waals surface area contributed by atoms with Gasteiger partial charge in [0.05, 0.1) is 4.92 Å². The third-order valence-corrected chi connectivity index (χ3v) is 2.66. The van der Waals surface area contributed by atoms with Crippen molar-refractivity contribution in [1.82, 2.24) is 9.97 Å². The number of rotatable bonds is 3. The van der Waals surface area contributed by atoms with Gasteiger partial charge in [0.2, 0.25) is 5.95 Å². The maximum Gasteiger partial charge on any atom is 0.316 e. The summed E-state index contributed by atoms with van der Waals surface area (Å²) in [5, 5.41) is 13.8. The summed E-state index contributed by atoms with van der Waals surface area (Å²) in [5.74, 6) is -1.97. The largest absolute Gasteiger partial charge is 0.357 e. The monoisotopic (exact) mass is 280 g/mol. The Morgan fingerprint density at radius 3 is 2.50 bits per heavy atom. The van der Waals surface area contributed by atoms with Crippen molar-refractivity contribution in [1.29, 1.82) is 0 Å². The molecular weight excluding hydrogens is 270 g/mol. The molecule has 0 unspecified atom stereocenters. The van der Waals surface area contributed by atoms with Crippen LogP contribution in [0.25, 0.3) is 11.3 Å². The second-order valence-electron chi connectivity index (χ2n) is 3.97. The van der Waals surface area contributed by atoms with Crippen molar-refractivity contribution >= 4 is 11.6 Å². The molecule has 104 valence electrons. The molecule has 1 heterocycles. The summed E-state index contributed by atoms with van der Waals surface area (Å²) >= 11 is 0. The average molecular weight is 280 g/mol. The van der Waals surface area contributed by atoms with Gasteiger partial charge in [-0.25, -0.2) is 18.7 Å². The molecule has 0 aliphatic heterocycles. The quantitative estimate of drug-likeness (QED) is 0.690. The molecule has 1 aromatic heterocycles. The molecule has 1 N–H and O–H groups in total. The minimum Gasteiger partial charge on any atom is -0.357 e. The van der Waals surface area contributed by atoms with Crippen LogP contribution in [0.5, 0.6) is 0 Å². The van der Waals surface area contributed by atoms with E-state index in [1.807, 2.05) is 0 Å². The molecule has 20 heavy (non-hydrogen) atoms. The highest BCUT2D eigenvalue weighted by Gasteiger charge is 2.23. The second kappa shape index (κ2) is 5.16. The van der Waals surface area contributed by atoms with Crippen molar-refractivity contribution < 1.29 is 13.7 Å². The lowest BCUT2D eigenvalue weighted by atomic mass is 10.1. The van der Waals surface area contributed by atoms with E-state index >= 15 is 0 Å². The first-order valence-corrected chi connectivity index (χ1v) is 5.60. The van der Waals surface area contributed by atoms with E-state index < -0.39 is 16.6 Å². The Morgan fingerprint density at radius 2 is 1.95 bits per heavy atom. The van der Waals surface area contributed by atoms with Crippen molar-refractivity contribution in [2.45, 2.75) is 6.92 Å². The van der Waals surface area contributed by atoms with Gasteiger partial charge in [0.25, 0.3) is 0 Å². The highest BCUT2D eigenvalue weighted by atomic mass is 19.2.